The summed E-state index contributed by atoms with van der Waals surface area (Å²) >= 11 is 0. The van der Waals surface area contributed by atoms with Crippen LogP contribution in [-0.2, 0) is 6.54 Å². The zero-order valence-corrected chi connectivity index (χ0v) is 11.9. The first kappa shape index (κ1) is 14.2. The normalized spacial score (nSPS) is 10.6. The number of anilines is 2. The van der Waals surface area contributed by atoms with Crippen molar-refractivity contribution in [2.75, 3.05) is 17.2 Å². The molecule has 2 N–H and O–H groups in total. The van der Waals surface area contributed by atoms with Gasteiger partial charge in [0.05, 0.1) is 6.20 Å². The zero-order valence-electron chi connectivity index (χ0n) is 11.9. The van der Waals surface area contributed by atoms with Gasteiger partial charge in [-0.05, 0) is 30.0 Å². The van der Waals surface area contributed by atoms with Gasteiger partial charge in [-0.25, -0.2) is 0 Å². The number of nitrogens with zero attached hydrogens (tertiary/aromatic N) is 4. The van der Waals surface area contributed by atoms with E-state index < -0.39 is 0 Å². The van der Waals surface area contributed by atoms with E-state index in [4.69, 9.17) is 0 Å². The molecule has 0 fully saturated rings. The summed E-state index contributed by atoms with van der Waals surface area (Å²) in [5, 5.41) is 14.3. The Morgan fingerprint density at radius 3 is 2.70 bits per heavy atom. The minimum Gasteiger partial charge on any atom is -0.365 e. The largest absolute Gasteiger partial charge is 0.365 e. The van der Waals surface area contributed by atoms with Gasteiger partial charge in [0.25, 0.3) is 0 Å². The molecule has 0 unspecified atom stereocenters. The van der Waals surface area contributed by atoms with Crippen molar-refractivity contribution in [3.05, 3.63) is 36.3 Å². The molecule has 0 aliphatic heterocycles. The fourth-order valence-corrected chi connectivity index (χ4v) is 1.63. The van der Waals surface area contributed by atoms with Gasteiger partial charge in [0.1, 0.15) is 0 Å². The zero-order chi connectivity index (χ0) is 14.2. The van der Waals surface area contributed by atoms with E-state index in [1.165, 1.54) is 0 Å². The maximum Gasteiger partial charge on any atom is 0.244 e. The lowest BCUT2D eigenvalue weighted by Gasteiger charge is -2.08. The van der Waals surface area contributed by atoms with E-state index in [0.29, 0.717) is 24.2 Å². The molecule has 0 saturated carbocycles. The number of pyridine rings is 1. The van der Waals surface area contributed by atoms with E-state index >= 15 is 0 Å². The molecule has 2 heterocycles. The van der Waals surface area contributed by atoms with Crippen molar-refractivity contribution < 1.29 is 0 Å². The average Bonchev–Trinajstić information content (AvgIpc) is 2.46. The van der Waals surface area contributed by atoms with Crippen molar-refractivity contribution in [1.82, 2.24) is 20.2 Å². The molecule has 0 saturated heterocycles. The van der Waals surface area contributed by atoms with Gasteiger partial charge in [-0.3, -0.25) is 4.98 Å². The second-order valence-corrected chi connectivity index (χ2v) is 4.98. The standard InChI is InChI=1S/C14H20N6/c1-11(2)3-8-16-14-19-13(10-18-20-14)17-9-12-4-6-15-7-5-12/h4-7,10-11H,3,8-9H2,1-2H3,(H2,16,17,19,20). The summed E-state index contributed by atoms with van der Waals surface area (Å²) in [4.78, 5) is 8.36. The van der Waals surface area contributed by atoms with E-state index in [9.17, 15) is 0 Å². The van der Waals surface area contributed by atoms with E-state index in [0.717, 1.165) is 18.5 Å². The van der Waals surface area contributed by atoms with E-state index in [-0.39, 0.29) is 0 Å². The van der Waals surface area contributed by atoms with Crippen molar-refractivity contribution in [2.45, 2.75) is 26.8 Å². The highest BCUT2D eigenvalue weighted by Crippen LogP contribution is 2.07. The second kappa shape index (κ2) is 7.37. The molecule has 2 aromatic rings. The van der Waals surface area contributed by atoms with Crippen LogP contribution in [0.25, 0.3) is 0 Å². The summed E-state index contributed by atoms with van der Waals surface area (Å²) in [5.74, 6) is 1.93. The Labute approximate surface area is 119 Å². The summed E-state index contributed by atoms with van der Waals surface area (Å²) in [6.45, 7) is 5.92. The van der Waals surface area contributed by atoms with Gasteiger partial charge >= 0.3 is 0 Å². The van der Waals surface area contributed by atoms with Gasteiger partial charge in [0, 0.05) is 25.5 Å². The first-order valence-electron chi connectivity index (χ1n) is 6.80. The van der Waals surface area contributed by atoms with Crippen molar-refractivity contribution in [3.8, 4) is 0 Å². The fourth-order valence-electron chi connectivity index (χ4n) is 1.63. The molecule has 2 aromatic heterocycles. The topological polar surface area (TPSA) is 75.6 Å². The maximum absolute atomic E-state index is 4.37. The van der Waals surface area contributed by atoms with Crippen LogP contribution in [0.15, 0.2) is 30.7 Å². The van der Waals surface area contributed by atoms with Crippen LogP contribution in [-0.4, -0.2) is 26.7 Å². The Kier molecular flexibility index (Phi) is 5.23. The lowest BCUT2D eigenvalue weighted by Crippen LogP contribution is -2.10. The lowest BCUT2D eigenvalue weighted by atomic mass is 10.1. The van der Waals surface area contributed by atoms with Crippen LogP contribution in [0, 0.1) is 5.92 Å². The highest BCUT2D eigenvalue weighted by molar-refractivity contribution is 5.37. The third kappa shape index (κ3) is 4.79. The molecule has 0 aromatic carbocycles. The smallest absolute Gasteiger partial charge is 0.244 e. The average molecular weight is 272 g/mol. The van der Waals surface area contributed by atoms with Crippen LogP contribution >= 0.6 is 0 Å². The van der Waals surface area contributed by atoms with Crippen LogP contribution in [0.4, 0.5) is 11.8 Å². The van der Waals surface area contributed by atoms with Gasteiger partial charge in [0.2, 0.25) is 5.95 Å². The molecule has 6 heteroatoms. The molecule has 0 radical (unpaired) electrons. The number of aromatic nitrogens is 4. The number of hydrogen-bond donors (Lipinski definition) is 2. The van der Waals surface area contributed by atoms with Crippen LogP contribution in [0.3, 0.4) is 0 Å². The Hall–Kier alpha value is -2.24. The molecule has 0 aliphatic carbocycles. The monoisotopic (exact) mass is 272 g/mol. The van der Waals surface area contributed by atoms with Gasteiger partial charge in [0.15, 0.2) is 5.82 Å². The lowest BCUT2D eigenvalue weighted by molar-refractivity contribution is 0.605. The van der Waals surface area contributed by atoms with Crippen LogP contribution in [0.5, 0.6) is 0 Å². The molecule has 0 amide bonds. The SMILES string of the molecule is CC(C)CCNc1nncc(NCc2ccncc2)n1. The molecule has 20 heavy (non-hydrogen) atoms. The van der Waals surface area contributed by atoms with Crippen molar-refractivity contribution in [3.63, 3.8) is 0 Å². The quantitative estimate of drug-likeness (QED) is 0.805. The first-order chi connectivity index (χ1) is 9.74. The molecule has 0 atom stereocenters. The second-order valence-electron chi connectivity index (χ2n) is 4.98. The van der Waals surface area contributed by atoms with Gasteiger partial charge in [-0.2, -0.15) is 10.1 Å². The Balaban J connectivity index is 1.86. The fraction of sp³-hybridized carbons (Fsp3) is 0.429. The molecule has 0 aliphatic rings. The predicted molar refractivity (Wildman–Crippen MR) is 79.3 cm³/mol. The summed E-state index contributed by atoms with van der Waals surface area (Å²) in [6, 6.07) is 3.92. The molecule has 0 bridgehead atoms. The number of hydrogen-bond acceptors (Lipinski definition) is 6. The van der Waals surface area contributed by atoms with E-state index in [2.05, 4.69) is 44.6 Å². The first-order valence-corrected chi connectivity index (χ1v) is 6.80. The number of nitrogens with one attached hydrogen (secondary N) is 2. The third-order valence-electron chi connectivity index (χ3n) is 2.79. The summed E-state index contributed by atoms with van der Waals surface area (Å²) in [7, 11) is 0. The van der Waals surface area contributed by atoms with Crippen LogP contribution in [0.1, 0.15) is 25.8 Å². The third-order valence-corrected chi connectivity index (χ3v) is 2.79. The molecule has 6 nitrogen and oxygen atoms in total. The Morgan fingerprint density at radius 2 is 1.95 bits per heavy atom. The predicted octanol–water partition coefficient (Wildman–Crippen LogP) is 2.34. The molecule has 2 rings (SSSR count). The highest BCUT2D eigenvalue weighted by Gasteiger charge is 2.01. The Morgan fingerprint density at radius 1 is 1.15 bits per heavy atom. The molecular weight excluding hydrogens is 252 g/mol. The van der Waals surface area contributed by atoms with Gasteiger partial charge in [-0.1, -0.05) is 13.8 Å². The molecule has 0 spiro atoms. The summed E-state index contributed by atoms with van der Waals surface area (Å²) < 4.78 is 0. The number of rotatable bonds is 7. The van der Waals surface area contributed by atoms with Gasteiger partial charge in [-0.15, -0.1) is 5.10 Å². The highest BCUT2D eigenvalue weighted by atomic mass is 15.3. The van der Waals surface area contributed by atoms with Gasteiger partial charge < -0.3 is 10.6 Å². The van der Waals surface area contributed by atoms with E-state index in [1.54, 1.807) is 18.6 Å². The van der Waals surface area contributed by atoms with Crippen LogP contribution < -0.4 is 10.6 Å². The minimum absolute atomic E-state index is 0.561. The maximum atomic E-state index is 4.37. The Bertz CT molecular complexity index is 514. The van der Waals surface area contributed by atoms with Crippen molar-refractivity contribution in [1.29, 1.82) is 0 Å². The minimum atomic E-state index is 0.561. The van der Waals surface area contributed by atoms with Crippen molar-refractivity contribution in [2.24, 2.45) is 5.92 Å². The molecule has 106 valence electrons. The molecular formula is C14H20N6. The summed E-state index contributed by atoms with van der Waals surface area (Å²) in [5.41, 5.74) is 1.15. The summed E-state index contributed by atoms with van der Waals surface area (Å²) in [6.07, 6.45) is 6.25. The van der Waals surface area contributed by atoms with Crippen molar-refractivity contribution >= 4 is 11.8 Å². The van der Waals surface area contributed by atoms with E-state index in [1.807, 2.05) is 12.1 Å². The van der Waals surface area contributed by atoms with Crippen LogP contribution in [0.2, 0.25) is 0 Å².